The molecule has 6 nitrogen and oxygen atoms in total. The van der Waals surface area contributed by atoms with Gasteiger partial charge in [-0.1, -0.05) is 38.7 Å². The zero-order chi connectivity index (χ0) is 16.9. The largest absolute Gasteiger partial charge is 0.504 e. The number of nitrogens with one attached hydrogen (secondary N) is 1. The van der Waals surface area contributed by atoms with E-state index >= 15 is 0 Å². The number of aromatic nitrogens is 2. The van der Waals surface area contributed by atoms with Crippen LogP contribution >= 0.6 is 0 Å². The van der Waals surface area contributed by atoms with Crippen LogP contribution in [0.15, 0.2) is 30.0 Å². The summed E-state index contributed by atoms with van der Waals surface area (Å²) in [6.45, 7) is 3.97. The molecular weight excluding hydrogens is 304 g/mol. The molecule has 2 heterocycles. The first kappa shape index (κ1) is 16.4. The van der Waals surface area contributed by atoms with Crippen LogP contribution in [0.1, 0.15) is 50.6 Å². The summed E-state index contributed by atoms with van der Waals surface area (Å²) in [5, 5.41) is 22.6. The fourth-order valence-corrected chi connectivity index (χ4v) is 3.13. The van der Waals surface area contributed by atoms with E-state index in [2.05, 4.69) is 21.9 Å². The molecule has 0 radical (unpaired) electrons. The average molecular weight is 328 g/mol. The molecule has 6 heteroatoms. The Morgan fingerprint density at radius 1 is 1.21 bits per heavy atom. The van der Waals surface area contributed by atoms with Crippen LogP contribution in [0.25, 0.3) is 11.3 Å². The van der Waals surface area contributed by atoms with E-state index < -0.39 is 0 Å². The van der Waals surface area contributed by atoms with E-state index in [0.717, 1.165) is 0 Å². The van der Waals surface area contributed by atoms with Crippen molar-refractivity contribution in [3.63, 3.8) is 0 Å². The van der Waals surface area contributed by atoms with Crippen LogP contribution in [0.3, 0.4) is 0 Å². The van der Waals surface area contributed by atoms with Gasteiger partial charge in [-0.15, -0.1) is 0 Å². The summed E-state index contributed by atoms with van der Waals surface area (Å²) >= 11 is 0. The molecule has 24 heavy (non-hydrogen) atoms. The SMILES string of the molecule is C=C(/N=C/NC1CCCCCCC1)c1cnc2cc(O)c(O)cn12. The van der Waals surface area contributed by atoms with E-state index in [1.807, 2.05) is 0 Å². The lowest BCUT2D eigenvalue weighted by Gasteiger charge is -2.19. The first-order valence-corrected chi connectivity index (χ1v) is 8.52. The molecule has 0 spiro atoms. The molecule has 0 saturated heterocycles. The van der Waals surface area contributed by atoms with Crippen LogP contribution in [-0.4, -0.2) is 32.0 Å². The zero-order valence-corrected chi connectivity index (χ0v) is 13.8. The highest BCUT2D eigenvalue weighted by Gasteiger charge is 2.11. The van der Waals surface area contributed by atoms with Crippen LogP contribution in [0.2, 0.25) is 0 Å². The van der Waals surface area contributed by atoms with Gasteiger partial charge in [0, 0.05) is 12.1 Å². The minimum Gasteiger partial charge on any atom is -0.504 e. The van der Waals surface area contributed by atoms with Crippen LogP contribution < -0.4 is 5.32 Å². The van der Waals surface area contributed by atoms with Crippen molar-refractivity contribution in [1.82, 2.24) is 14.7 Å². The van der Waals surface area contributed by atoms with E-state index in [-0.39, 0.29) is 11.5 Å². The van der Waals surface area contributed by atoms with Crippen molar-refractivity contribution < 1.29 is 10.2 Å². The lowest BCUT2D eigenvalue weighted by atomic mass is 9.97. The van der Waals surface area contributed by atoms with E-state index in [9.17, 15) is 10.2 Å². The number of nitrogens with zero attached hydrogens (tertiary/aromatic N) is 3. The number of pyridine rings is 1. The third kappa shape index (κ3) is 3.69. The minimum absolute atomic E-state index is 0.195. The van der Waals surface area contributed by atoms with E-state index in [1.165, 1.54) is 57.2 Å². The number of aliphatic imine (C=N–C) groups is 1. The lowest BCUT2D eigenvalue weighted by molar-refractivity contribution is 0.401. The summed E-state index contributed by atoms with van der Waals surface area (Å²) in [5.74, 6) is -0.397. The number of rotatable bonds is 4. The summed E-state index contributed by atoms with van der Waals surface area (Å²) in [4.78, 5) is 8.58. The molecule has 1 aliphatic rings. The molecule has 0 aliphatic heterocycles. The average Bonchev–Trinajstić information content (AvgIpc) is 2.92. The standard InChI is InChI=1S/C18H24N4O2/c1-13(20-12-21-14-7-5-3-2-4-6-8-14)15-10-19-18-9-16(23)17(24)11-22(15)18/h9-12,14,23-24H,1-8H2,(H,20,21). The van der Waals surface area contributed by atoms with Gasteiger partial charge in [0.25, 0.3) is 0 Å². The van der Waals surface area contributed by atoms with Crippen LogP contribution in [0.4, 0.5) is 0 Å². The number of aromatic hydroxyl groups is 2. The van der Waals surface area contributed by atoms with Crippen molar-refractivity contribution in [3.05, 3.63) is 30.7 Å². The highest BCUT2D eigenvalue weighted by atomic mass is 16.3. The Hall–Kier alpha value is -2.50. The third-order valence-corrected chi connectivity index (χ3v) is 4.54. The second-order valence-electron chi connectivity index (χ2n) is 6.33. The molecule has 2 aromatic rings. The van der Waals surface area contributed by atoms with Crippen molar-refractivity contribution in [2.75, 3.05) is 0 Å². The number of hydrogen-bond donors (Lipinski definition) is 3. The van der Waals surface area contributed by atoms with Gasteiger partial charge in [-0.05, 0) is 12.8 Å². The minimum atomic E-state index is -0.203. The normalized spacial score (nSPS) is 17.0. The fraction of sp³-hybridized carbons (Fsp3) is 0.444. The molecular formula is C18H24N4O2. The zero-order valence-electron chi connectivity index (χ0n) is 13.8. The Bertz CT molecular complexity index is 743. The van der Waals surface area contributed by atoms with Crippen molar-refractivity contribution in [2.24, 2.45) is 4.99 Å². The van der Waals surface area contributed by atoms with Crippen LogP contribution in [0, 0.1) is 0 Å². The van der Waals surface area contributed by atoms with Gasteiger partial charge >= 0.3 is 0 Å². The first-order valence-electron chi connectivity index (χ1n) is 8.52. The first-order chi connectivity index (χ1) is 11.6. The molecule has 1 saturated carbocycles. The lowest BCUT2D eigenvalue weighted by Crippen LogP contribution is -2.28. The van der Waals surface area contributed by atoms with Crippen molar-refractivity contribution >= 4 is 17.7 Å². The molecule has 1 aliphatic carbocycles. The smallest absolute Gasteiger partial charge is 0.174 e. The van der Waals surface area contributed by atoms with Gasteiger partial charge in [-0.3, -0.25) is 4.40 Å². The Kier molecular flexibility index (Phi) is 5.03. The second kappa shape index (κ2) is 7.38. The van der Waals surface area contributed by atoms with Gasteiger partial charge in [-0.2, -0.15) is 0 Å². The topological polar surface area (TPSA) is 82.2 Å². The third-order valence-electron chi connectivity index (χ3n) is 4.54. The quantitative estimate of drug-likeness (QED) is 0.593. The Morgan fingerprint density at radius 2 is 1.92 bits per heavy atom. The van der Waals surface area contributed by atoms with Crippen LogP contribution in [-0.2, 0) is 0 Å². The molecule has 0 bridgehead atoms. The molecule has 0 aromatic carbocycles. The Labute approximate surface area is 141 Å². The molecule has 3 N–H and O–H groups in total. The second-order valence-corrected chi connectivity index (χ2v) is 6.33. The Morgan fingerprint density at radius 3 is 2.67 bits per heavy atom. The maximum Gasteiger partial charge on any atom is 0.174 e. The van der Waals surface area contributed by atoms with Gasteiger partial charge in [0.2, 0.25) is 0 Å². The summed E-state index contributed by atoms with van der Waals surface area (Å²) in [6.07, 6.45) is 13.6. The maximum absolute atomic E-state index is 9.66. The molecule has 0 amide bonds. The highest BCUT2D eigenvalue weighted by molar-refractivity contribution is 5.71. The van der Waals surface area contributed by atoms with Crippen LogP contribution in [0.5, 0.6) is 11.5 Å². The summed E-state index contributed by atoms with van der Waals surface area (Å²) < 4.78 is 1.66. The fourth-order valence-electron chi connectivity index (χ4n) is 3.13. The molecule has 2 aromatic heterocycles. The number of hydrogen-bond acceptors (Lipinski definition) is 4. The predicted molar refractivity (Wildman–Crippen MR) is 95.3 cm³/mol. The molecule has 0 atom stereocenters. The molecule has 0 unspecified atom stereocenters. The van der Waals surface area contributed by atoms with Crippen molar-refractivity contribution in [3.8, 4) is 11.5 Å². The van der Waals surface area contributed by atoms with Gasteiger partial charge in [0.1, 0.15) is 5.65 Å². The predicted octanol–water partition coefficient (Wildman–Crippen LogP) is 3.45. The van der Waals surface area contributed by atoms with E-state index in [4.69, 9.17) is 0 Å². The number of fused-ring (bicyclic) bond motifs is 1. The molecule has 1 fully saturated rings. The number of imidazole rings is 1. The Balaban J connectivity index is 1.67. The summed E-state index contributed by atoms with van der Waals surface area (Å²) in [7, 11) is 0. The summed E-state index contributed by atoms with van der Waals surface area (Å²) in [5.41, 5.74) is 1.76. The highest BCUT2D eigenvalue weighted by Crippen LogP contribution is 2.27. The van der Waals surface area contributed by atoms with Gasteiger partial charge in [0.05, 0.1) is 30.1 Å². The van der Waals surface area contributed by atoms with Crippen molar-refractivity contribution in [2.45, 2.75) is 51.0 Å². The van der Waals surface area contributed by atoms with E-state index in [1.54, 1.807) is 16.9 Å². The van der Waals surface area contributed by atoms with Gasteiger partial charge in [0.15, 0.2) is 11.5 Å². The molecule has 128 valence electrons. The monoisotopic (exact) mass is 328 g/mol. The van der Waals surface area contributed by atoms with E-state index in [0.29, 0.717) is 23.1 Å². The van der Waals surface area contributed by atoms with Gasteiger partial charge < -0.3 is 15.5 Å². The molecule has 3 rings (SSSR count). The van der Waals surface area contributed by atoms with Crippen molar-refractivity contribution in [1.29, 1.82) is 0 Å². The van der Waals surface area contributed by atoms with Gasteiger partial charge in [-0.25, -0.2) is 9.98 Å². The summed E-state index contributed by atoms with van der Waals surface area (Å²) in [6, 6.07) is 1.88. The maximum atomic E-state index is 9.66.